The molecule has 26 heavy (non-hydrogen) atoms. The Morgan fingerprint density at radius 3 is 1.12 bits per heavy atom. The summed E-state index contributed by atoms with van der Waals surface area (Å²) < 4.78 is -2.92. The minimum Gasteiger partial charge on any atom is -0.508 e. The van der Waals surface area contributed by atoms with Crippen LogP contribution in [-0.4, -0.2) is 26.6 Å². The molecule has 0 unspecified atom stereocenters. The Bertz CT molecular complexity index is 653. The molecule has 0 aliphatic rings. The zero-order valence-electron chi connectivity index (χ0n) is 12.6. The number of hydrogen-bond donors (Lipinski definition) is 4. The molecule has 0 fully saturated rings. The van der Waals surface area contributed by atoms with E-state index in [0.29, 0.717) is 11.1 Å². The summed E-state index contributed by atoms with van der Waals surface area (Å²) in [5, 5.41) is 31.9. The molecule has 0 amide bonds. The fraction of sp³-hybridized carbons (Fsp3) is 0.133. The maximum absolute atomic E-state index is 9.00. The Balaban J connectivity index is 0.000000401. The number of aromatic hydroxyl groups is 2. The van der Waals surface area contributed by atoms with Gasteiger partial charge in [-0.1, -0.05) is 93.9 Å². The van der Waals surface area contributed by atoms with Crippen LogP contribution in [-0.2, 0) is 7.59 Å². The van der Waals surface area contributed by atoms with Gasteiger partial charge in [0.25, 0.3) is 0 Å². The molecule has 2 aromatic carbocycles. The van der Waals surface area contributed by atoms with E-state index in [0.717, 1.165) is 0 Å². The lowest BCUT2D eigenvalue weighted by molar-refractivity contribution is 0.137. The Hall–Kier alpha value is -0.950. The number of carbonyl (C=O) groups is 1. The van der Waals surface area contributed by atoms with Gasteiger partial charge in [-0.15, -0.1) is 0 Å². The largest absolute Gasteiger partial charge is 0.508 e. The van der Waals surface area contributed by atoms with Gasteiger partial charge in [-0.05, 0) is 24.3 Å². The smallest absolute Gasteiger partial charge is 0.503 e. The first-order valence-electron chi connectivity index (χ1n) is 6.38. The third kappa shape index (κ3) is 11.6. The number of alkyl halides is 6. The molecular formula is C15H12Cl6O5. The molecule has 4 N–H and O–H groups in total. The van der Waals surface area contributed by atoms with Gasteiger partial charge in [0, 0.05) is 11.1 Å². The lowest BCUT2D eigenvalue weighted by Gasteiger charge is -2.10. The van der Waals surface area contributed by atoms with Crippen LogP contribution in [0.25, 0.3) is 0 Å². The van der Waals surface area contributed by atoms with Crippen molar-refractivity contribution in [2.75, 3.05) is 0 Å². The first kappa shape index (κ1) is 25.1. The van der Waals surface area contributed by atoms with Crippen LogP contribution < -0.4 is 0 Å². The quantitative estimate of drug-likeness (QED) is 0.313. The highest BCUT2D eigenvalue weighted by Crippen LogP contribution is 2.39. The summed E-state index contributed by atoms with van der Waals surface area (Å²) in [6.07, 6.45) is -1.83. The van der Waals surface area contributed by atoms with Gasteiger partial charge in [-0.3, -0.25) is 0 Å². The average molecular weight is 485 g/mol. The molecule has 144 valence electrons. The lowest BCUT2D eigenvalue weighted by Crippen LogP contribution is -1.98. The van der Waals surface area contributed by atoms with Crippen LogP contribution in [0, 0.1) is 0 Å². The number of carboxylic acid groups (broad SMARTS) is 2. The Labute approximate surface area is 179 Å². The summed E-state index contributed by atoms with van der Waals surface area (Å²) >= 11 is 33.3. The normalized spacial score (nSPS) is 10.7. The predicted molar refractivity (Wildman–Crippen MR) is 105 cm³/mol. The molecule has 2 aromatic rings. The SMILES string of the molecule is O=C(O)O.Oc1cccc(C(Cl)(Cl)Cl)c1.Oc1cccc(C(Cl)(Cl)Cl)c1. The van der Waals surface area contributed by atoms with Crippen LogP contribution in [0.15, 0.2) is 48.5 Å². The fourth-order valence-electron chi connectivity index (χ4n) is 1.36. The van der Waals surface area contributed by atoms with Gasteiger partial charge < -0.3 is 20.4 Å². The van der Waals surface area contributed by atoms with E-state index in [-0.39, 0.29) is 11.5 Å². The number of rotatable bonds is 0. The van der Waals surface area contributed by atoms with Crippen molar-refractivity contribution in [3.63, 3.8) is 0 Å². The van der Waals surface area contributed by atoms with Crippen molar-refractivity contribution in [1.29, 1.82) is 0 Å². The molecule has 0 aliphatic heterocycles. The van der Waals surface area contributed by atoms with E-state index < -0.39 is 13.7 Å². The zero-order valence-corrected chi connectivity index (χ0v) is 17.1. The second-order valence-electron chi connectivity index (χ2n) is 4.38. The molecule has 2 rings (SSSR count). The van der Waals surface area contributed by atoms with Crippen LogP contribution in [0.4, 0.5) is 4.79 Å². The monoisotopic (exact) mass is 482 g/mol. The molecule has 0 aliphatic carbocycles. The number of hydrogen-bond acceptors (Lipinski definition) is 3. The number of phenols is 2. The molecule has 0 spiro atoms. The lowest BCUT2D eigenvalue weighted by atomic mass is 10.2. The molecule has 5 nitrogen and oxygen atoms in total. The van der Waals surface area contributed by atoms with Crippen molar-refractivity contribution in [3.05, 3.63) is 59.7 Å². The van der Waals surface area contributed by atoms with E-state index in [1.807, 2.05) is 0 Å². The van der Waals surface area contributed by atoms with Crippen LogP contribution >= 0.6 is 69.6 Å². The minimum atomic E-state index is -1.83. The molecular weight excluding hydrogens is 473 g/mol. The summed E-state index contributed by atoms with van der Waals surface area (Å²) in [4.78, 5) is 8.56. The van der Waals surface area contributed by atoms with Crippen LogP contribution in [0.2, 0.25) is 0 Å². The van der Waals surface area contributed by atoms with E-state index >= 15 is 0 Å². The molecule has 0 saturated heterocycles. The van der Waals surface area contributed by atoms with Gasteiger partial charge in [0.15, 0.2) is 0 Å². The highest BCUT2D eigenvalue weighted by Gasteiger charge is 2.23. The van der Waals surface area contributed by atoms with Crippen molar-refractivity contribution in [1.82, 2.24) is 0 Å². The minimum absolute atomic E-state index is 0.0915. The average Bonchev–Trinajstić information content (AvgIpc) is 2.45. The van der Waals surface area contributed by atoms with E-state index in [4.69, 9.17) is 94.8 Å². The van der Waals surface area contributed by atoms with E-state index in [9.17, 15) is 0 Å². The number of halogens is 6. The van der Waals surface area contributed by atoms with Crippen LogP contribution in [0.5, 0.6) is 11.5 Å². The third-order valence-electron chi connectivity index (χ3n) is 2.35. The Morgan fingerprint density at radius 1 is 0.692 bits per heavy atom. The maximum Gasteiger partial charge on any atom is 0.503 e. The van der Waals surface area contributed by atoms with Crippen molar-refractivity contribution >= 4 is 75.8 Å². The third-order valence-corrected chi connectivity index (χ3v) is 3.66. The van der Waals surface area contributed by atoms with Crippen molar-refractivity contribution < 1.29 is 25.2 Å². The molecule has 0 atom stereocenters. The molecule has 0 heterocycles. The van der Waals surface area contributed by atoms with Gasteiger partial charge in [-0.2, -0.15) is 0 Å². The summed E-state index contributed by atoms with van der Waals surface area (Å²) in [6.45, 7) is 0. The highest BCUT2D eigenvalue weighted by atomic mass is 35.6. The van der Waals surface area contributed by atoms with Gasteiger partial charge >= 0.3 is 6.16 Å². The maximum atomic E-state index is 9.00. The van der Waals surface area contributed by atoms with E-state index in [1.165, 1.54) is 24.3 Å². The van der Waals surface area contributed by atoms with Crippen molar-refractivity contribution in [3.8, 4) is 11.5 Å². The summed E-state index contributed by atoms with van der Waals surface area (Å²) in [5.74, 6) is 0.183. The summed E-state index contributed by atoms with van der Waals surface area (Å²) in [5.41, 5.74) is 0.921. The topological polar surface area (TPSA) is 98.0 Å². The van der Waals surface area contributed by atoms with Crippen LogP contribution in [0.1, 0.15) is 11.1 Å². The standard InChI is InChI=1S/2C7H5Cl3O.CH2O3/c2*8-7(9,10)5-2-1-3-6(11)4-5;2-1(3)4/h2*1-4,11H;(H2,2,3,4). The first-order valence-corrected chi connectivity index (χ1v) is 8.64. The first-order chi connectivity index (χ1) is 11.7. The second-order valence-corrected chi connectivity index (χ2v) is 8.94. The van der Waals surface area contributed by atoms with Gasteiger partial charge in [0.2, 0.25) is 7.59 Å². The Kier molecular flexibility index (Phi) is 10.6. The summed E-state index contributed by atoms with van der Waals surface area (Å²) in [6, 6.07) is 12.3. The van der Waals surface area contributed by atoms with Crippen molar-refractivity contribution in [2.45, 2.75) is 7.59 Å². The van der Waals surface area contributed by atoms with E-state index in [2.05, 4.69) is 0 Å². The van der Waals surface area contributed by atoms with Crippen LogP contribution in [0.3, 0.4) is 0 Å². The predicted octanol–water partition coefficient (Wildman–Crippen LogP) is 6.66. The van der Waals surface area contributed by atoms with Gasteiger partial charge in [0.05, 0.1) is 0 Å². The Morgan fingerprint density at radius 2 is 0.962 bits per heavy atom. The molecule has 11 heteroatoms. The number of benzene rings is 2. The van der Waals surface area contributed by atoms with Gasteiger partial charge in [0.1, 0.15) is 11.5 Å². The molecule has 0 saturated carbocycles. The molecule has 0 aromatic heterocycles. The van der Waals surface area contributed by atoms with E-state index in [1.54, 1.807) is 24.3 Å². The zero-order chi connectivity index (χ0) is 20.5. The van der Waals surface area contributed by atoms with Gasteiger partial charge in [-0.25, -0.2) is 4.79 Å². The molecule has 0 radical (unpaired) electrons. The molecule has 0 bridgehead atoms. The fourth-order valence-corrected chi connectivity index (χ4v) is 2.07. The second kappa shape index (κ2) is 11.0. The summed E-state index contributed by atoms with van der Waals surface area (Å²) in [7, 11) is 0. The highest BCUT2D eigenvalue weighted by molar-refractivity contribution is 6.67. The number of phenolic OH excluding ortho intramolecular Hbond substituents is 2. The van der Waals surface area contributed by atoms with Crippen molar-refractivity contribution in [2.24, 2.45) is 0 Å².